The molecule has 3 aromatic rings. The summed E-state index contributed by atoms with van der Waals surface area (Å²) in [7, 11) is 0. The predicted molar refractivity (Wildman–Crippen MR) is 112 cm³/mol. The first-order chi connectivity index (χ1) is 14.3. The lowest BCUT2D eigenvalue weighted by atomic mass is 9.93. The topological polar surface area (TPSA) is 72.0 Å². The number of likely N-dealkylation sites (tertiary alicyclic amines) is 1. The lowest BCUT2D eigenvalue weighted by molar-refractivity contribution is 0.157. The molecule has 0 spiro atoms. The molecule has 0 atom stereocenters. The summed E-state index contributed by atoms with van der Waals surface area (Å²) in [5, 5.41) is 13.6. The Hall–Kier alpha value is -2.25. The van der Waals surface area contributed by atoms with Crippen LogP contribution in [0.5, 0.6) is 0 Å². The second-order valence-corrected chi connectivity index (χ2v) is 8.43. The van der Waals surface area contributed by atoms with Crippen LogP contribution >= 0.6 is 0 Å². The van der Waals surface area contributed by atoms with E-state index in [1.165, 1.54) is 32.5 Å². The summed E-state index contributed by atoms with van der Waals surface area (Å²) in [6.45, 7) is 7.95. The van der Waals surface area contributed by atoms with Crippen LogP contribution in [0.3, 0.4) is 0 Å². The highest BCUT2D eigenvalue weighted by molar-refractivity contribution is 5.83. The highest BCUT2D eigenvalue weighted by Gasteiger charge is 2.27. The average Bonchev–Trinajstić information content (AvgIpc) is 3.40. The van der Waals surface area contributed by atoms with E-state index in [9.17, 15) is 0 Å². The van der Waals surface area contributed by atoms with Crippen molar-refractivity contribution in [3.8, 4) is 5.95 Å². The number of nitrogens with zero attached hydrogens (tertiary/aromatic N) is 5. The molecule has 0 bridgehead atoms. The van der Waals surface area contributed by atoms with Gasteiger partial charge in [-0.15, -0.1) is 0 Å². The molecule has 7 heteroatoms. The van der Waals surface area contributed by atoms with Crippen molar-refractivity contribution in [2.75, 3.05) is 32.7 Å². The van der Waals surface area contributed by atoms with Gasteiger partial charge in [-0.05, 0) is 75.4 Å². The average molecular weight is 395 g/mol. The summed E-state index contributed by atoms with van der Waals surface area (Å²) in [6, 6.07) is 8.25. The van der Waals surface area contributed by atoms with Crippen molar-refractivity contribution in [3.05, 3.63) is 35.9 Å². The summed E-state index contributed by atoms with van der Waals surface area (Å²) in [5.41, 5.74) is 2.10. The van der Waals surface area contributed by atoms with Gasteiger partial charge in [-0.3, -0.25) is 0 Å². The quantitative estimate of drug-likeness (QED) is 0.717. The largest absolute Gasteiger partial charge is 0.337 e. The van der Waals surface area contributed by atoms with Gasteiger partial charge in [-0.25, -0.2) is 0 Å². The molecule has 0 radical (unpaired) electrons. The van der Waals surface area contributed by atoms with Crippen LogP contribution in [0.2, 0.25) is 0 Å². The first kappa shape index (κ1) is 18.8. The predicted octanol–water partition coefficient (Wildman–Crippen LogP) is 3.15. The van der Waals surface area contributed by atoms with E-state index in [1.54, 1.807) is 0 Å². The maximum Gasteiger partial charge on any atom is 0.291 e. The van der Waals surface area contributed by atoms with Crippen LogP contribution in [0.15, 0.2) is 28.8 Å². The molecule has 7 nitrogen and oxygen atoms in total. The van der Waals surface area contributed by atoms with Gasteiger partial charge >= 0.3 is 0 Å². The van der Waals surface area contributed by atoms with E-state index in [-0.39, 0.29) is 0 Å². The van der Waals surface area contributed by atoms with Crippen LogP contribution in [0, 0.1) is 5.92 Å². The Balaban J connectivity index is 1.27. The van der Waals surface area contributed by atoms with Crippen molar-refractivity contribution in [2.24, 2.45) is 5.92 Å². The summed E-state index contributed by atoms with van der Waals surface area (Å²) in [5.74, 6) is 2.52. The molecule has 154 valence electrons. The van der Waals surface area contributed by atoms with Gasteiger partial charge in [-0.1, -0.05) is 25.1 Å². The second-order valence-electron chi connectivity index (χ2n) is 8.43. The number of fused-ring (bicyclic) bond motifs is 1. The second kappa shape index (κ2) is 8.24. The third kappa shape index (κ3) is 3.81. The highest BCUT2D eigenvalue weighted by Crippen LogP contribution is 2.29. The van der Waals surface area contributed by atoms with E-state index in [4.69, 9.17) is 14.6 Å². The van der Waals surface area contributed by atoms with Gasteiger partial charge in [0.05, 0.1) is 11.2 Å². The summed E-state index contributed by atoms with van der Waals surface area (Å²) in [4.78, 5) is 7.36. The summed E-state index contributed by atoms with van der Waals surface area (Å²) < 4.78 is 7.51. The Morgan fingerprint density at radius 2 is 1.90 bits per heavy atom. The van der Waals surface area contributed by atoms with Crippen LogP contribution in [-0.2, 0) is 6.42 Å². The number of para-hydroxylation sites is 1. The van der Waals surface area contributed by atoms with Gasteiger partial charge in [-0.2, -0.15) is 14.8 Å². The van der Waals surface area contributed by atoms with Crippen molar-refractivity contribution < 1.29 is 4.52 Å². The minimum Gasteiger partial charge on any atom is -0.337 e. The smallest absolute Gasteiger partial charge is 0.291 e. The van der Waals surface area contributed by atoms with Crippen LogP contribution in [0.1, 0.15) is 50.1 Å². The van der Waals surface area contributed by atoms with Crippen molar-refractivity contribution in [1.82, 2.24) is 30.1 Å². The number of aryl methyl sites for hydroxylation is 1. The molecular formula is C22H30N6O. The lowest BCUT2D eigenvalue weighted by Crippen LogP contribution is -2.39. The molecule has 2 aliphatic rings. The molecule has 2 saturated heterocycles. The van der Waals surface area contributed by atoms with Crippen molar-refractivity contribution >= 4 is 10.9 Å². The number of rotatable bonds is 5. The summed E-state index contributed by atoms with van der Waals surface area (Å²) in [6.07, 6.45) is 5.68. The standard InChI is InChI=1S/C22H30N6O/c1-2-19-18-5-3-4-6-20(18)28(25-19)22-24-21(29-26-22)17-9-13-27(14-10-17)15-16-7-11-23-12-8-16/h3-6,16-17,23H,2,7-15H2,1H3. The SMILES string of the molecule is CCc1nn(-c2noc(C3CCN(CC4CCNCC4)CC3)n2)c2ccccc12. The zero-order valence-electron chi connectivity index (χ0n) is 17.2. The molecule has 0 saturated carbocycles. The number of benzene rings is 1. The minimum absolute atomic E-state index is 0.355. The molecule has 4 heterocycles. The Bertz CT molecular complexity index is 949. The van der Waals surface area contributed by atoms with Gasteiger partial charge < -0.3 is 14.7 Å². The molecule has 5 rings (SSSR count). The maximum atomic E-state index is 5.69. The van der Waals surface area contributed by atoms with Gasteiger partial charge in [0.2, 0.25) is 5.89 Å². The number of nitrogens with one attached hydrogen (secondary N) is 1. The maximum absolute atomic E-state index is 5.69. The normalized spacial score (nSPS) is 19.9. The van der Waals surface area contributed by atoms with Crippen LogP contribution in [-0.4, -0.2) is 57.5 Å². The highest BCUT2D eigenvalue weighted by atomic mass is 16.5. The Labute approximate surface area is 171 Å². The fraction of sp³-hybridized carbons (Fsp3) is 0.591. The third-order valence-electron chi connectivity index (χ3n) is 6.53. The number of piperidine rings is 2. The molecule has 29 heavy (non-hydrogen) atoms. The molecule has 1 aromatic carbocycles. The monoisotopic (exact) mass is 394 g/mol. The third-order valence-corrected chi connectivity index (χ3v) is 6.53. The number of hydrogen-bond donors (Lipinski definition) is 1. The lowest BCUT2D eigenvalue weighted by Gasteiger charge is -2.34. The summed E-state index contributed by atoms with van der Waals surface area (Å²) >= 11 is 0. The fourth-order valence-corrected chi connectivity index (χ4v) is 4.82. The Morgan fingerprint density at radius 3 is 2.69 bits per heavy atom. The first-order valence-electron chi connectivity index (χ1n) is 11.1. The van der Waals surface area contributed by atoms with Gasteiger partial charge in [0, 0.05) is 17.8 Å². The molecular weight excluding hydrogens is 364 g/mol. The van der Waals surface area contributed by atoms with E-state index in [1.807, 2.05) is 16.8 Å². The van der Waals surface area contributed by atoms with Crippen molar-refractivity contribution in [2.45, 2.75) is 44.9 Å². The van der Waals surface area contributed by atoms with Crippen molar-refractivity contribution in [3.63, 3.8) is 0 Å². The fourth-order valence-electron chi connectivity index (χ4n) is 4.82. The van der Waals surface area contributed by atoms with Gasteiger partial charge in [0.25, 0.3) is 5.95 Å². The van der Waals surface area contributed by atoms with E-state index in [0.29, 0.717) is 11.9 Å². The molecule has 2 fully saturated rings. The first-order valence-corrected chi connectivity index (χ1v) is 11.1. The van der Waals surface area contributed by atoms with Gasteiger partial charge in [0.15, 0.2) is 0 Å². The van der Waals surface area contributed by atoms with Crippen LogP contribution in [0.4, 0.5) is 0 Å². The molecule has 2 aromatic heterocycles. The zero-order valence-corrected chi connectivity index (χ0v) is 17.2. The minimum atomic E-state index is 0.355. The Kier molecular flexibility index (Phi) is 5.33. The zero-order chi connectivity index (χ0) is 19.6. The van der Waals surface area contributed by atoms with Crippen LogP contribution in [0.25, 0.3) is 16.9 Å². The van der Waals surface area contributed by atoms with Gasteiger partial charge in [0.1, 0.15) is 0 Å². The van der Waals surface area contributed by atoms with E-state index < -0.39 is 0 Å². The van der Waals surface area contributed by atoms with E-state index in [0.717, 1.165) is 60.8 Å². The molecule has 1 N–H and O–H groups in total. The molecule has 0 unspecified atom stereocenters. The number of hydrogen-bond acceptors (Lipinski definition) is 6. The molecule has 0 aliphatic carbocycles. The van der Waals surface area contributed by atoms with E-state index in [2.05, 4.69) is 34.4 Å². The van der Waals surface area contributed by atoms with E-state index >= 15 is 0 Å². The Morgan fingerprint density at radius 1 is 1.10 bits per heavy atom. The van der Waals surface area contributed by atoms with Crippen LogP contribution < -0.4 is 5.32 Å². The molecule has 0 amide bonds. The number of aromatic nitrogens is 4. The van der Waals surface area contributed by atoms with Crippen molar-refractivity contribution in [1.29, 1.82) is 0 Å². The molecule has 2 aliphatic heterocycles.